The van der Waals surface area contributed by atoms with Crippen molar-refractivity contribution >= 4 is 22.6 Å². The Balaban J connectivity index is 2.02. The lowest BCUT2D eigenvalue weighted by molar-refractivity contribution is -0.143. The quantitative estimate of drug-likeness (QED) is 0.593. The topological polar surface area (TPSA) is 99.6 Å². The van der Waals surface area contributed by atoms with Gasteiger partial charge in [-0.15, -0.1) is 0 Å². The molecule has 3 rings (SSSR count). The third kappa shape index (κ3) is 4.21. The number of nitrogen functional groups attached to an aromatic ring is 1. The van der Waals surface area contributed by atoms with E-state index in [2.05, 4.69) is 4.90 Å². The van der Waals surface area contributed by atoms with Crippen LogP contribution in [0, 0.1) is 0 Å². The van der Waals surface area contributed by atoms with Crippen molar-refractivity contribution in [2.75, 3.05) is 32.0 Å². The maximum Gasteiger partial charge on any atom is 0.332 e. The lowest BCUT2D eigenvalue weighted by Crippen LogP contribution is -2.43. The molecule has 2 heterocycles. The molecule has 2 aromatic rings. The van der Waals surface area contributed by atoms with E-state index in [0.717, 1.165) is 37.0 Å². The van der Waals surface area contributed by atoms with Crippen molar-refractivity contribution in [2.45, 2.75) is 39.3 Å². The summed E-state index contributed by atoms with van der Waals surface area (Å²) in [5.74, 6) is -0.609. The number of esters is 1. The van der Waals surface area contributed by atoms with Crippen LogP contribution >= 0.6 is 0 Å². The highest BCUT2D eigenvalue weighted by molar-refractivity contribution is 5.81. The van der Waals surface area contributed by atoms with Crippen molar-refractivity contribution in [1.29, 1.82) is 0 Å². The monoisotopic (exact) mass is 374 g/mol. The van der Waals surface area contributed by atoms with Gasteiger partial charge in [-0.05, 0) is 51.1 Å². The van der Waals surface area contributed by atoms with Gasteiger partial charge in [0.1, 0.15) is 6.54 Å². The first-order chi connectivity index (χ1) is 13.0. The summed E-state index contributed by atoms with van der Waals surface area (Å²) in [6.45, 7) is 4.67. The molecule has 1 saturated heterocycles. The Morgan fingerprint density at radius 2 is 1.85 bits per heavy atom. The van der Waals surface area contributed by atoms with Gasteiger partial charge in [-0.25, -0.2) is 9.36 Å². The van der Waals surface area contributed by atoms with Crippen LogP contribution in [0.3, 0.4) is 0 Å². The van der Waals surface area contributed by atoms with Gasteiger partial charge in [0.25, 0.3) is 5.56 Å². The molecule has 8 nitrogen and oxygen atoms in total. The highest BCUT2D eigenvalue weighted by Crippen LogP contribution is 2.14. The SMILES string of the molecule is CCOC(=O)Cn1c(=O)c2cc(N)ccc2n(CCN2CCCCC2)c1=O. The summed E-state index contributed by atoms with van der Waals surface area (Å²) in [5.41, 5.74) is 5.79. The Bertz CT molecular complexity index is 941. The third-order valence-corrected chi connectivity index (χ3v) is 4.93. The van der Waals surface area contributed by atoms with E-state index < -0.39 is 23.8 Å². The molecule has 1 aromatic carbocycles. The Kier molecular flexibility index (Phi) is 5.95. The Labute approximate surface area is 157 Å². The number of rotatable bonds is 6. The van der Waals surface area contributed by atoms with Crippen molar-refractivity contribution in [2.24, 2.45) is 0 Å². The van der Waals surface area contributed by atoms with Crippen molar-refractivity contribution < 1.29 is 9.53 Å². The second-order valence-electron chi connectivity index (χ2n) is 6.81. The van der Waals surface area contributed by atoms with E-state index >= 15 is 0 Å². The first-order valence-electron chi connectivity index (χ1n) is 9.42. The molecule has 0 bridgehead atoms. The highest BCUT2D eigenvalue weighted by atomic mass is 16.5. The molecule has 1 aromatic heterocycles. The van der Waals surface area contributed by atoms with E-state index in [1.54, 1.807) is 29.7 Å². The fraction of sp³-hybridized carbons (Fsp3) is 0.526. The number of hydrogen-bond acceptors (Lipinski definition) is 6. The minimum atomic E-state index is -0.609. The second kappa shape index (κ2) is 8.39. The molecule has 1 aliphatic heterocycles. The van der Waals surface area contributed by atoms with E-state index in [0.29, 0.717) is 23.1 Å². The minimum absolute atomic E-state index is 0.192. The summed E-state index contributed by atoms with van der Waals surface area (Å²) in [5, 5.41) is 0.331. The normalized spacial score (nSPS) is 15.1. The largest absolute Gasteiger partial charge is 0.465 e. The predicted molar refractivity (Wildman–Crippen MR) is 104 cm³/mol. The number of benzene rings is 1. The smallest absolute Gasteiger partial charge is 0.332 e. The molecule has 0 aliphatic carbocycles. The summed E-state index contributed by atoms with van der Waals surface area (Å²) in [7, 11) is 0. The molecule has 0 atom stereocenters. The first kappa shape index (κ1) is 19.2. The molecule has 1 fully saturated rings. The van der Waals surface area contributed by atoms with Gasteiger partial charge in [0.2, 0.25) is 0 Å². The van der Waals surface area contributed by atoms with Gasteiger partial charge in [-0.2, -0.15) is 0 Å². The van der Waals surface area contributed by atoms with E-state index in [1.165, 1.54) is 6.42 Å². The third-order valence-electron chi connectivity index (χ3n) is 4.93. The van der Waals surface area contributed by atoms with Crippen LogP contribution in [-0.4, -0.2) is 46.2 Å². The lowest BCUT2D eigenvalue weighted by Gasteiger charge is -2.27. The number of nitrogens with two attached hydrogens (primary N) is 1. The van der Waals surface area contributed by atoms with Gasteiger partial charge in [0.15, 0.2) is 0 Å². The summed E-state index contributed by atoms with van der Waals surface area (Å²) >= 11 is 0. The average Bonchev–Trinajstić information content (AvgIpc) is 2.66. The van der Waals surface area contributed by atoms with Crippen LogP contribution in [0.15, 0.2) is 27.8 Å². The van der Waals surface area contributed by atoms with Crippen LogP contribution in [0.5, 0.6) is 0 Å². The molecule has 0 spiro atoms. The Morgan fingerprint density at radius 1 is 1.11 bits per heavy atom. The number of fused-ring (bicyclic) bond motifs is 1. The van der Waals surface area contributed by atoms with E-state index in [9.17, 15) is 14.4 Å². The number of nitrogens with zero attached hydrogens (tertiary/aromatic N) is 3. The minimum Gasteiger partial charge on any atom is -0.465 e. The molecule has 1 aliphatic rings. The van der Waals surface area contributed by atoms with Gasteiger partial charge in [0.05, 0.1) is 17.5 Å². The number of ether oxygens (including phenoxy) is 1. The van der Waals surface area contributed by atoms with Gasteiger partial charge < -0.3 is 15.4 Å². The van der Waals surface area contributed by atoms with Crippen LogP contribution in [0.1, 0.15) is 26.2 Å². The number of carbonyl (C=O) groups excluding carboxylic acids is 1. The second-order valence-corrected chi connectivity index (χ2v) is 6.81. The fourth-order valence-corrected chi connectivity index (χ4v) is 3.56. The van der Waals surface area contributed by atoms with Crippen LogP contribution in [0.25, 0.3) is 10.9 Å². The van der Waals surface area contributed by atoms with Gasteiger partial charge in [-0.3, -0.25) is 14.2 Å². The van der Waals surface area contributed by atoms with Crippen LogP contribution in [0.2, 0.25) is 0 Å². The first-order valence-corrected chi connectivity index (χ1v) is 9.42. The summed E-state index contributed by atoms with van der Waals surface area (Å²) in [6, 6.07) is 4.92. The lowest BCUT2D eigenvalue weighted by atomic mass is 10.1. The summed E-state index contributed by atoms with van der Waals surface area (Å²) in [6.07, 6.45) is 3.56. The molecule has 2 N–H and O–H groups in total. The maximum absolute atomic E-state index is 13.0. The molecular weight excluding hydrogens is 348 g/mol. The van der Waals surface area contributed by atoms with Gasteiger partial charge in [0, 0.05) is 18.8 Å². The van der Waals surface area contributed by atoms with Gasteiger partial charge in [-0.1, -0.05) is 6.42 Å². The zero-order valence-electron chi connectivity index (χ0n) is 15.6. The Hall–Kier alpha value is -2.61. The number of carbonyl (C=O) groups is 1. The van der Waals surface area contributed by atoms with E-state index in [-0.39, 0.29) is 6.61 Å². The molecule has 27 heavy (non-hydrogen) atoms. The predicted octanol–water partition coefficient (Wildman–Crippen LogP) is 0.794. The molecule has 0 saturated carbocycles. The highest BCUT2D eigenvalue weighted by Gasteiger charge is 2.17. The maximum atomic E-state index is 13.0. The van der Waals surface area contributed by atoms with Crippen LogP contribution in [0.4, 0.5) is 5.69 Å². The molecule has 0 unspecified atom stereocenters. The fourth-order valence-electron chi connectivity index (χ4n) is 3.56. The van der Waals surface area contributed by atoms with Crippen molar-refractivity contribution in [1.82, 2.24) is 14.0 Å². The molecule has 8 heteroatoms. The zero-order chi connectivity index (χ0) is 19.4. The summed E-state index contributed by atoms with van der Waals surface area (Å²) < 4.78 is 7.41. The van der Waals surface area contributed by atoms with Crippen molar-refractivity contribution in [3.05, 3.63) is 39.0 Å². The molecule has 0 radical (unpaired) electrons. The zero-order valence-corrected chi connectivity index (χ0v) is 15.6. The van der Waals surface area contributed by atoms with E-state index in [1.807, 2.05) is 0 Å². The number of likely N-dealkylation sites (tertiary alicyclic amines) is 1. The molecular formula is C19H26N4O4. The van der Waals surface area contributed by atoms with Crippen molar-refractivity contribution in [3.8, 4) is 0 Å². The molecule has 0 amide bonds. The van der Waals surface area contributed by atoms with Gasteiger partial charge >= 0.3 is 11.7 Å². The standard InChI is InChI=1S/C19H26N4O4/c1-2-27-17(24)13-23-18(25)15-12-14(20)6-7-16(15)22(19(23)26)11-10-21-8-4-3-5-9-21/h6-7,12H,2-5,8-11,13,20H2,1H3. The number of piperidine rings is 1. The Morgan fingerprint density at radius 3 is 2.56 bits per heavy atom. The number of aromatic nitrogens is 2. The van der Waals surface area contributed by atoms with E-state index in [4.69, 9.17) is 10.5 Å². The van der Waals surface area contributed by atoms with Crippen LogP contribution < -0.4 is 17.0 Å². The average molecular weight is 374 g/mol. The van der Waals surface area contributed by atoms with Crippen LogP contribution in [-0.2, 0) is 22.6 Å². The van der Waals surface area contributed by atoms with Crippen molar-refractivity contribution in [3.63, 3.8) is 0 Å². The number of anilines is 1. The summed E-state index contributed by atoms with van der Waals surface area (Å²) in [4.78, 5) is 39.9. The number of hydrogen-bond donors (Lipinski definition) is 1. The molecule has 146 valence electrons.